The van der Waals surface area contributed by atoms with Gasteiger partial charge in [0.15, 0.2) is 4.77 Å². The summed E-state index contributed by atoms with van der Waals surface area (Å²) in [5.74, 6) is -0.804. The Kier molecular flexibility index (Phi) is 9.33. The van der Waals surface area contributed by atoms with Crippen LogP contribution in [0.3, 0.4) is 0 Å². The molecule has 2 aromatic rings. The summed E-state index contributed by atoms with van der Waals surface area (Å²) in [4.78, 5) is 45.0. The fourth-order valence-electron chi connectivity index (χ4n) is 3.24. The fourth-order valence-corrected chi connectivity index (χ4v) is 3.53. The van der Waals surface area contributed by atoms with Crippen LogP contribution >= 0.6 is 12.2 Å². The van der Waals surface area contributed by atoms with Gasteiger partial charge in [0.25, 0.3) is 11.5 Å². The van der Waals surface area contributed by atoms with Crippen LogP contribution in [0.25, 0.3) is 10.9 Å². The molecule has 0 atom stereocenters. The lowest BCUT2D eigenvalue weighted by Crippen LogP contribution is -2.42. The smallest absolute Gasteiger partial charge is 0.326 e. The van der Waals surface area contributed by atoms with Gasteiger partial charge in [0.05, 0.1) is 10.9 Å². The Labute approximate surface area is 199 Å². The number of aromatic nitrogens is 2. The van der Waals surface area contributed by atoms with Crippen LogP contribution in [0.2, 0.25) is 0 Å². The predicted octanol–water partition coefficient (Wildman–Crippen LogP) is 2.44. The number of methoxy groups -OCH3 is 1. The normalized spacial score (nSPS) is 11.7. The minimum absolute atomic E-state index is 0.168. The van der Waals surface area contributed by atoms with E-state index in [9.17, 15) is 14.4 Å². The summed E-state index contributed by atoms with van der Waals surface area (Å²) in [5, 5.41) is 0.435. The topological polar surface area (TPSA) is 96.9 Å². The molecule has 0 aliphatic carbocycles. The first kappa shape index (κ1) is 26.7. The van der Waals surface area contributed by atoms with E-state index < -0.39 is 11.6 Å². The number of hydrogen-bond donors (Lipinski definition) is 1. The molecule has 10 heteroatoms. The number of esters is 1. The van der Waals surface area contributed by atoms with Gasteiger partial charge < -0.3 is 24.3 Å². The number of fused-ring (bicyclic) bond motifs is 1. The van der Waals surface area contributed by atoms with Gasteiger partial charge in [0, 0.05) is 38.9 Å². The van der Waals surface area contributed by atoms with Gasteiger partial charge in [-0.25, -0.2) is 0 Å². The minimum atomic E-state index is -0.645. The van der Waals surface area contributed by atoms with E-state index in [2.05, 4.69) is 4.98 Å². The molecule has 1 N–H and O–H groups in total. The molecule has 1 aromatic carbocycles. The summed E-state index contributed by atoms with van der Waals surface area (Å²) in [6.07, 6.45) is 0.654. The monoisotopic (exact) mass is 478 g/mol. The van der Waals surface area contributed by atoms with E-state index in [4.69, 9.17) is 21.7 Å². The van der Waals surface area contributed by atoms with Gasteiger partial charge in [0.2, 0.25) is 0 Å². The Balaban J connectivity index is 2.35. The Morgan fingerprint density at radius 2 is 1.88 bits per heavy atom. The van der Waals surface area contributed by atoms with Crippen molar-refractivity contribution < 1.29 is 19.1 Å². The Bertz CT molecular complexity index is 1100. The molecule has 0 saturated carbocycles. The predicted molar refractivity (Wildman–Crippen MR) is 130 cm³/mol. The van der Waals surface area contributed by atoms with Crippen molar-refractivity contribution in [1.82, 2.24) is 19.4 Å². The van der Waals surface area contributed by atoms with Gasteiger partial charge in [0.1, 0.15) is 12.1 Å². The first-order chi connectivity index (χ1) is 15.4. The van der Waals surface area contributed by atoms with Gasteiger partial charge in [-0.2, -0.15) is 0 Å². The van der Waals surface area contributed by atoms with Crippen LogP contribution in [0.1, 0.15) is 37.6 Å². The molecule has 0 radical (unpaired) electrons. The summed E-state index contributed by atoms with van der Waals surface area (Å²) in [6.45, 7) is 7.06. The van der Waals surface area contributed by atoms with Crippen molar-refractivity contribution in [3.8, 4) is 0 Å². The highest BCUT2D eigenvalue weighted by Gasteiger charge is 2.23. The number of H-pyrrole nitrogens is 1. The molecule has 1 amide bonds. The molecule has 0 bridgehead atoms. The minimum Gasteiger partial charge on any atom is -0.459 e. The molecule has 0 saturated heterocycles. The van der Waals surface area contributed by atoms with Gasteiger partial charge in [-0.05, 0) is 71.7 Å². The highest BCUT2D eigenvalue weighted by atomic mass is 32.1. The van der Waals surface area contributed by atoms with Crippen molar-refractivity contribution >= 4 is 35.0 Å². The van der Waals surface area contributed by atoms with E-state index in [0.717, 1.165) is 0 Å². The average Bonchev–Trinajstić information content (AvgIpc) is 2.71. The molecule has 9 nitrogen and oxygen atoms in total. The summed E-state index contributed by atoms with van der Waals surface area (Å²) in [5.41, 5.74) is -0.0356. The molecule has 2 rings (SSSR count). The van der Waals surface area contributed by atoms with E-state index in [1.165, 1.54) is 9.47 Å². The maximum Gasteiger partial charge on any atom is 0.326 e. The van der Waals surface area contributed by atoms with Crippen LogP contribution in [-0.4, -0.2) is 84.3 Å². The lowest BCUT2D eigenvalue weighted by molar-refractivity contribution is -0.155. The van der Waals surface area contributed by atoms with E-state index in [1.54, 1.807) is 46.1 Å². The number of aromatic amines is 1. The summed E-state index contributed by atoms with van der Waals surface area (Å²) in [7, 11) is 5.39. The Hall–Kier alpha value is -2.56. The zero-order valence-electron chi connectivity index (χ0n) is 20.3. The molecule has 0 aliphatic rings. The van der Waals surface area contributed by atoms with Crippen LogP contribution < -0.4 is 5.56 Å². The summed E-state index contributed by atoms with van der Waals surface area (Å²) >= 11 is 5.36. The van der Waals surface area contributed by atoms with E-state index >= 15 is 0 Å². The number of nitrogens with zero attached hydrogens (tertiary/aromatic N) is 3. The highest BCUT2D eigenvalue weighted by Crippen LogP contribution is 2.14. The van der Waals surface area contributed by atoms with Gasteiger partial charge in [-0.3, -0.25) is 19.0 Å². The van der Waals surface area contributed by atoms with Gasteiger partial charge >= 0.3 is 5.97 Å². The number of nitrogens with one attached hydrogen (secondary N) is 1. The number of amides is 1. The maximum atomic E-state index is 13.3. The average molecular weight is 479 g/mol. The van der Waals surface area contributed by atoms with Crippen molar-refractivity contribution in [2.24, 2.45) is 0 Å². The quantitative estimate of drug-likeness (QED) is 0.318. The molecule has 0 fully saturated rings. The number of ether oxygens (including phenoxy) is 2. The third-order valence-electron chi connectivity index (χ3n) is 4.80. The van der Waals surface area contributed by atoms with Crippen molar-refractivity contribution in [3.63, 3.8) is 0 Å². The SMILES string of the molecule is COCCCn1c(=S)[nH]c2cc(C(=O)N(CCN(C)C)CC(=O)OC(C)(C)C)ccc2c1=O. The second kappa shape index (κ2) is 11.5. The number of likely N-dealkylation sites (N-methyl/N-ethyl adjacent to an activating group) is 1. The zero-order chi connectivity index (χ0) is 24.8. The summed E-state index contributed by atoms with van der Waals surface area (Å²) in [6, 6.07) is 4.81. The van der Waals surface area contributed by atoms with Crippen LogP contribution in [-0.2, 0) is 20.8 Å². The Morgan fingerprint density at radius 1 is 1.18 bits per heavy atom. The van der Waals surface area contributed by atoms with Crippen LogP contribution in [0.4, 0.5) is 0 Å². The van der Waals surface area contributed by atoms with Crippen LogP contribution in [0, 0.1) is 4.77 Å². The molecule has 33 heavy (non-hydrogen) atoms. The molecule has 0 aliphatic heterocycles. The number of benzene rings is 1. The van der Waals surface area contributed by atoms with Crippen LogP contribution in [0.5, 0.6) is 0 Å². The van der Waals surface area contributed by atoms with Crippen molar-refractivity contribution in [3.05, 3.63) is 38.9 Å². The third-order valence-corrected chi connectivity index (χ3v) is 5.13. The zero-order valence-corrected chi connectivity index (χ0v) is 21.1. The Morgan fingerprint density at radius 3 is 2.48 bits per heavy atom. The number of carbonyl (C=O) groups excluding carboxylic acids is 2. The van der Waals surface area contributed by atoms with Crippen molar-refractivity contribution in [1.29, 1.82) is 0 Å². The molecule has 0 spiro atoms. The lowest BCUT2D eigenvalue weighted by Gasteiger charge is -2.26. The van der Waals surface area contributed by atoms with E-state index in [0.29, 0.717) is 49.1 Å². The van der Waals surface area contributed by atoms with Crippen molar-refractivity contribution in [2.45, 2.75) is 39.3 Å². The van der Waals surface area contributed by atoms with Gasteiger partial charge in [-0.15, -0.1) is 0 Å². The first-order valence-corrected chi connectivity index (χ1v) is 11.3. The molecule has 0 unspecified atom stereocenters. The molecular weight excluding hydrogens is 444 g/mol. The molecular formula is C23H34N4O5S. The second-order valence-corrected chi connectivity index (χ2v) is 9.50. The highest BCUT2D eigenvalue weighted by molar-refractivity contribution is 7.71. The third kappa shape index (κ3) is 7.76. The maximum absolute atomic E-state index is 13.3. The second-order valence-electron chi connectivity index (χ2n) is 9.11. The van der Waals surface area contributed by atoms with Gasteiger partial charge in [-0.1, -0.05) is 0 Å². The number of hydrogen-bond acceptors (Lipinski definition) is 7. The molecule has 182 valence electrons. The largest absolute Gasteiger partial charge is 0.459 e. The summed E-state index contributed by atoms with van der Waals surface area (Å²) < 4.78 is 12.2. The standard InChI is InChI=1S/C23H34N4O5S/c1-23(2,3)32-19(28)15-26(12-11-25(4)5)20(29)16-8-9-17-18(14-16)24-22(33)27(21(17)30)10-7-13-31-6/h8-9,14H,7,10-13,15H2,1-6H3,(H,24,33). The molecule has 1 heterocycles. The first-order valence-electron chi connectivity index (χ1n) is 10.8. The van der Waals surface area contributed by atoms with E-state index in [1.807, 2.05) is 19.0 Å². The van der Waals surface area contributed by atoms with Crippen molar-refractivity contribution in [2.75, 3.05) is 47.4 Å². The lowest BCUT2D eigenvalue weighted by atomic mass is 10.1. The molecule has 1 aromatic heterocycles. The van der Waals surface area contributed by atoms with Crippen LogP contribution in [0.15, 0.2) is 23.0 Å². The van der Waals surface area contributed by atoms with E-state index in [-0.39, 0.29) is 22.8 Å². The number of carbonyl (C=O) groups is 2. The number of rotatable bonds is 10. The fraction of sp³-hybridized carbons (Fsp3) is 0.565.